The molecule has 1 aromatic heterocycles. The number of nitrogens with zero attached hydrogens (tertiary/aromatic N) is 1. The molecular formula is C25H21F3N3O5+. The van der Waals surface area contributed by atoms with Crippen LogP contribution in [0, 0.1) is 0 Å². The zero-order valence-corrected chi connectivity index (χ0v) is 19.1. The van der Waals surface area contributed by atoms with E-state index < -0.39 is 29.9 Å². The highest BCUT2D eigenvalue weighted by molar-refractivity contribution is 5.92. The third kappa shape index (κ3) is 3.49. The second-order valence-corrected chi connectivity index (χ2v) is 9.12. The first kappa shape index (κ1) is 22.4. The van der Waals surface area contributed by atoms with Crippen LogP contribution in [0.5, 0.6) is 17.2 Å². The van der Waals surface area contributed by atoms with E-state index in [1.54, 1.807) is 18.2 Å². The Balaban J connectivity index is 1.48. The molecule has 2 unspecified atom stereocenters. The Kier molecular flexibility index (Phi) is 4.99. The van der Waals surface area contributed by atoms with E-state index >= 15 is 0 Å². The van der Waals surface area contributed by atoms with Gasteiger partial charge in [-0.15, -0.1) is 0 Å². The third-order valence-corrected chi connectivity index (χ3v) is 7.11. The van der Waals surface area contributed by atoms with Gasteiger partial charge in [-0.2, -0.15) is 22.9 Å². The summed E-state index contributed by atoms with van der Waals surface area (Å²) in [4.78, 5) is 27.2. The number of benzene rings is 2. The van der Waals surface area contributed by atoms with Crippen LogP contribution in [0.2, 0.25) is 0 Å². The summed E-state index contributed by atoms with van der Waals surface area (Å²) in [5.41, 5.74) is 4.02. The van der Waals surface area contributed by atoms with Crippen molar-refractivity contribution in [2.24, 2.45) is 0 Å². The highest BCUT2D eigenvalue weighted by Crippen LogP contribution is 2.52. The lowest BCUT2D eigenvalue weighted by molar-refractivity contribution is -0.602. The number of alkyl halides is 3. The van der Waals surface area contributed by atoms with E-state index in [0.717, 1.165) is 27.2 Å². The molecule has 6 rings (SSSR count). The number of carbonyl (C=O) groups excluding carboxylic acids is 1. The summed E-state index contributed by atoms with van der Waals surface area (Å²) in [6.45, 7) is 0. The van der Waals surface area contributed by atoms with Crippen LogP contribution in [0.3, 0.4) is 0 Å². The van der Waals surface area contributed by atoms with Crippen LogP contribution in [-0.4, -0.2) is 41.2 Å². The van der Waals surface area contributed by atoms with Crippen molar-refractivity contribution in [2.75, 3.05) is 7.11 Å². The minimum atomic E-state index is -4.89. The molecular weight excluding hydrogens is 479 g/mol. The number of amides is 1. The molecule has 3 aliphatic rings. The molecule has 186 valence electrons. The van der Waals surface area contributed by atoms with Crippen LogP contribution in [0.25, 0.3) is 17.0 Å². The van der Waals surface area contributed by atoms with E-state index in [2.05, 4.69) is 10.1 Å². The molecule has 2 N–H and O–H groups in total. The largest absolute Gasteiger partial charge is 0.547 e. The second kappa shape index (κ2) is 8.00. The average Bonchev–Trinajstić information content (AvgIpc) is 3.40. The van der Waals surface area contributed by atoms with Gasteiger partial charge in [0.25, 0.3) is 0 Å². The topological polar surface area (TPSA) is 98.9 Å². The molecule has 11 heteroatoms. The zero-order valence-electron chi connectivity index (χ0n) is 19.1. The number of hydrogen-bond donors (Lipinski definition) is 1. The molecule has 36 heavy (non-hydrogen) atoms. The number of rotatable bonds is 2. The van der Waals surface area contributed by atoms with Crippen LogP contribution in [0.15, 0.2) is 51.3 Å². The quantitative estimate of drug-likeness (QED) is 0.447. The maximum Gasteiger partial charge on any atom is 0.547 e. The van der Waals surface area contributed by atoms with Crippen LogP contribution in [-0.2, 0) is 4.79 Å². The molecule has 2 atom stereocenters. The van der Waals surface area contributed by atoms with Crippen molar-refractivity contribution in [1.82, 2.24) is 9.88 Å². The second-order valence-electron chi connectivity index (χ2n) is 9.12. The first-order chi connectivity index (χ1) is 17.2. The summed E-state index contributed by atoms with van der Waals surface area (Å²) in [6.07, 6.45) is -3.15. The standard InChI is InChI=1S/C25H20F3N3O5/c1-34-18-4-2-3-17-20(13-9-14-6-7-15(10-13)31(14)23(32)25(26,27)28)16-8-5-12(11-19(16)35-21(17)18)22-29-24(33)36-30-22/h2-5,8,11,14-15H,6-7,9-10H2,1H3,(H,29,30,33)/p+1. The van der Waals surface area contributed by atoms with Gasteiger partial charge in [0, 0.05) is 23.2 Å². The number of H-pyrrole nitrogens is 2. The highest BCUT2D eigenvalue weighted by Gasteiger charge is 2.51. The lowest BCUT2D eigenvalue weighted by atomic mass is 9.83. The highest BCUT2D eigenvalue weighted by atomic mass is 19.4. The summed E-state index contributed by atoms with van der Waals surface area (Å²) < 4.78 is 56.3. The van der Waals surface area contributed by atoms with Crippen molar-refractivity contribution in [3.63, 3.8) is 0 Å². The normalized spacial score (nSPS) is 20.6. The molecule has 2 saturated heterocycles. The number of para-hydroxylation sites is 1. The number of fused-ring (bicyclic) bond motifs is 4. The van der Waals surface area contributed by atoms with Gasteiger partial charge in [0.1, 0.15) is 5.75 Å². The number of aromatic nitrogens is 2. The van der Waals surface area contributed by atoms with Crippen molar-refractivity contribution in [3.05, 3.63) is 63.6 Å². The predicted molar refractivity (Wildman–Crippen MR) is 119 cm³/mol. The van der Waals surface area contributed by atoms with Crippen molar-refractivity contribution in [2.45, 2.75) is 43.9 Å². The molecule has 3 aliphatic heterocycles. The number of ether oxygens (including phenoxy) is 2. The van der Waals surface area contributed by atoms with Crippen LogP contribution in [0.4, 0.5) is 13.2 Å². The van der Waals surface area contributed by atoms with Gasteiger partial charge in [-0.3, -0.25) is 4.79 Å². The van der Waals surface area contributed by atoms with E-state index in [1.165, 1.54) is 7.11 Å². The maximum absolute atomic E-state index is 13.3. The fourth-order valence-corrected chi connectivity index (χ4v) is 5.66. The summed E-state index contributed by atoms with van der Waals surface area (Å²) in [5, 5.41) is 2.53. The molecule has 2 bridgehead atoms. The van der Waals surface area contributed by atoms with Crippen LogP contribution < -0.4 is 20.4 Å². The van der Waals surface area contributed by atoms with E-state index in [-0.39, 0.29) is 0 Å². The third-order valence-electron chi connectivity index (χ3n) is 7.11. The number of hydrogen-bond acceptors (Lipinski definition) is 5. The number of aromatic amines is 2. The molecule has 0 spiro atoms. The van der Waals surface area contributed by atoms with E-state index in [0.29, 0.717) is 54.3 Å². The van der Waals surface area contributed by atoms with Crippen molar-refractivity contribution >= 4 is 11.5 Å². The van der Waals surface area contributed by atoms with Gasteiger partial charge < -0.3 is 14.4 Å². The Morgan fingerprint density at radius 3 is 2.53 bits per heavy atom. The summed E-state index contributed by atoms with van der Waals surface area (Å²) in [6, 6.07) is 9.88. The molecule has 0 saturated carbocycles. The van der Waals surface area contributed by atoms with Gasteiger partial charge in [-0.05, 0) is 55.5 Å². The number of carbonyl (C=O) groups is 1. The Labute approximate surface area is 202 Å². The number of methoxy groups -OCH3 is 1. The molecule has 0 radical (unpaired) electrons. The maximum atomic E-state index is 13.3. The summed E-state index contributed by atoms with van der Waals surface area (Å²) in [5.74, 6) is -0.514. The molecule has 4 heterocycles. The molecule has 8 nitrogen and oxygen atoms in total. The minimum absolute atomic E-state index is 0.342. The SMILES string of the molecule is COc1cccc2c1Oc1cc(-c3[nH]c(=O)o[nH+]3)ccc1C2=C1CC2CCC(C1)N2C(=O)C(F)(F)F. The number of halogens is 3. The predicted octanol–water partition coefficient (Wildman–Crippen LogP) is 4.08. The summed E-state index contributed by atoms with van der Waals surface area (Å²) in [7, 11) is 1.53. The Hall–Kier alpha value is -4.02. The van der Waals surface area contributed by atoms with Crippen molar-refractivity contribution < 1.29 is 37.1 Å². The van der Waals surface area contributed by atoms with Crippen LogP contribution in [0.1, 0.15) is 36.8 Å². The lowest BCUT2D eigenvalue weighted by Gasteiger charge is -2.38. The van der Waals surface area contributed by atoms with Gasteiger partial charge in [-0.25, -0.2) is 4.52 Å². The molecule has 1 amide bonds. The van der Waals surface area contributed by atoms with Gasteiger partial charge in [0.15, 0.2) is 11.5 Å². The van der Waals surface area contributed by atoms with Crippen molar-refractivity contribution in [1.29, 1.82) is 0 Å². The average molecular weight is 500 g/mol. The zero-order chi connectivity index (χ0) is 25.2. The molecule has 2 aromatic carbocycles. The van der Waals surface area contributed by atoms with E-state index in [4.69, 9.17) is 14.0 Å². The minimum Gasteiger partial charge on any atom is -0.493 e. The number of nitrogens with one attached hydrogen (secondary N) is 2. The van der Waals surface area contributed by atoms with Crippen LogP contribution >= 0.6 is 0 Å². The fourth-order valence-electron chi connectivity index (χ4n) is 5.66. The van der Waals surface area contributed by atoms with E-state index in [1.807, 2.05) is 18.2 Å². The Bertz CT molecular complexity index is 1460. The molecule has 0 aliphatic carbocycles. The molecule has 2 fully saturated rings. The number of piperidine rings is 1. The fraction of sp³-hybridized carbons (Fsp3) is 0.320. The first-order valence-electron chi connectivity index (χ1n) is 11.5. The Morgan fingerprint density at radius 1 is 1.14 bits per heavy atom. The van der Waals surface area contributed by atoms with Gasteiger partial charge >= 0.3 is 23.7 Å². The van der Waals surface area contributed by atoms with Gasteiger partial charge in [0.05, 0.1) is 12.7 Å². The first-order valence-corrected chi connectivity index (χ1v) is 11.5. The monoisotopic (exact) mass is 500 g/mol. The van der Waals surface area contributed by atoms with Gasteiger partial charge in [0.2, 0.25) is 0 Å². The van der Waals surface area contributed by atoms with Crippen molar-refractivity contribution in [3.8, 4) is 28.6 Å². The van der Waals surface area contributed by atoms with Gasteiger partial charge in [-0.1, -0.05) is 22.9 Å². The van der Waals surface area contributed by atoms with E-state index in [9.17, 15) is 22.8 Å². The summed E-state index contributed by atoms with van der Waals surface area (Å²) >= 11 is 0. The smallest absolute Gasteiger partial charge is 0.493 e. The Morgan fingerprint density at radius 2 is 1.89 bits per heavy atom. The lowest BCUT2D eigenvalue weighted by Crippen LogP contribution is -2.50. The molecule has 3 aromatic rings.